The first kappa shape index (κ1) is 25.0. The minimum Gasteiger partial charge on any atom is -0.384 e. The Morgan fingerprint density at radius 3 is 2.37 bits per heavy atom. The molecule has 2 aromatic carbocycles. The van der Waals surface area contributed by atoms with Crippen molar-refractivity contribution in [3.63, 3.8) is 0 Å². The second kappa shape index (κ2) is 10.7. The first-order valence-electron chi connectivity index (χ1n) is 11.1. The van der Waals surface area contributed by atoms with E-state index in [1.807, 2.05) is 60.7 Å². The van der Waals surface area contributed by atoms with Gasteiger partial charge in [-0.25, -0.2) is 18.2 Å². The maximum Gasteiger partial charge on any atom is 0.188 e. The van der Waals surface area contributed by atoms with Crippen LogP contribution in [0.4, 0.5) is 13.2 Å². The summed E-state index contributed by atoms with van der Waals surface area (Å²) in [7, 11) is 0. The molecule has 0 bridgehead atoms. The highest BCUT2D eigenvalue weighted by molar-refractivity contribution is 6.30. The highest BCUT2D eigenvalue weighted by Crippen LogP contribution is 2.32. The van der Waals surface area contributed by atoms with Gasteiger partial charge in [0.15, 0.2) is 12.5 Å². The lowest BCUT2D eigenvalue weighted by atomic mass is 9.89. The van der Waals surface area contributed by atoms with Crippen molar-refractivity contribution >= 4 is 17.7 Å². The van der Waals surface area contributed by atoms with Crippen molar-refractivity contribution in [2.24, 2.45) is 0 Å². The molecule has 0 radical (unpaired) electrons. The van der Waals surface area contributed by atoms with Gasteiger partial charge in [-0.05, 0) is 54.3 Å². The zero-order valence-electron chi connectivity index (χ0n) is 19.0. The molecule has 4 unspecified atom stereocenters. The molecule has 3 nitrogen and oxygen atoms in total. The molecule has 1 N–H and O–H groups in total. The Kier molecular flexibility index (Phi) is 7.61. The van der Waals surface area contributed by atoms with E-state index in [0.29, 0.717) is 10.7 Å². The maximum absolute atomic E-state index is 14.2. The molecule has 0 aliphatic carbocycles. The minimum absolute atomic E-state index is 0.0251. The lowest BCUT2D eigenvalue weighted by Gasteiger charge is -2.43. The number of likely N-dealkylation sites (tertiary alicyclic amines) is 1. The van der Waals surface area contributed by atoms with Gasteiger partial charge in [0, 0.05) is 35.4 Å². The van der Waals surface area contributed by atoms with Crippen molar-refractivity contribution in [1.82, 2.24) is 9.88 Å². The number of pyridine rings is 1. The van der Waals surface area contributed by atoms with E-state index in [4.69, 9.17) is 11.6 Å². The summed E-state index contributed by atoms with van der Waals surface area (Å²) >= 11 is 5.93. The molecular weight excluding hydrogens is 473 g/mol. The van der Waals surface area contributed by atoms with E-state index in [-0.39, 0.29) is 13.1 Å². The van der Waals surface area contributed by atoms with Crippen molar-refractivity contribution < 1.29 is 18.3 Å². The molecule has 7 heteroatoms. The molecule has 35 heavy (non-hydrogen) atoms. The zero-order valence-corrected chi connectivity index (χ0v) is 19.8. The van der Waals surface area contributed by atoms with Crippen LogP contribution in [0.5, 0.6) is 0 Å². The number of rotatable bonds is 4. The van der Waals surface area contributed by atoms with Crippen molar-refractivity contribution in [3.8, 4) is 23.0 Å². The summed E-state index contributed by atoms with van der Waals surface area (Å²) in [6, 6.07) is 18.7. The molecule has 0 saturated carbocycles. The van der Waals surface area contributed by atoms with E-state index in [0.717, 1.165) is 34.1 Å². The van der Waals surface area contributed by atoms with E-state index in [1.165, 1.54) is 0 Å². The molecule has 4 atom stereocenters. The van der Waals surface area contributed by atoms with Gasteiger partial charge < -0.3 is 5.11 Å². The fourth-order valence-electron chi connectivity index (χ4n) is 3.72. The number of piperidine rings is 1. The first-order valence-corrected chi connectivity index (χ1v) is 11.5. The van der Waals surface area contributed by atoms with Gasteiger partial charge in [0.25, 0.3) is 0 Å². The number of halogens is 4. The number of nitrogens with zero attached hydrogens (tertiary/aromatic N) is 2. The van der Waals surface area contributed by atoms with Gasteiger partial charge in [0.1, 0.15) is 17.5 Å². The Morgan fingerprint density at radius 2 is 1.71 bits per heavy atom. The molecule has 1 aromatic heterocycles. The Bertz CT molecular complexity index is 1230. The van der Waals surface area contributed by atoms with Crippen LogP contribution in [0.2, 0.25) is 5.02 Å². The molecule has 180 valence electrons. The summed E-state index contributed by atoms with van der Waals surface area (Å²) in [4.78, 5) is 5.44. The smallest absolute Gasteiger partial charge is 0.188 e. The van der Waals surface area contributed by atoms with Crippen LogP contribution in [0.25, 0.3) is 17.2 Å². The van der Waals surface area contributed by atoms with E-state index in [2.05, 4.69) is 16.8 Å². The molecule has 2 heterocycles. The second-order valence-corrected chi connectivity index (χ2v) is 9.07. The van der Waals surface area contributed by atoms with Crippen LogP contribution < -0.4 is 0 Å². The summed E-state index contributed by atoms with van der Waals surface area (Å²) in [5.41, 5.74) is 1.97. The predicted octanol–water partition coefficient (Wildman–Crippen LogP) is 5.85. The number of aromatic nitrogens is 1. The second-order valence-electron chi connectivity index (χ2n) is 8.64. The monoisotopic (exact) mass is 496 g/mol. The van der Waals surface area contributed by atoms with Crippen LogP contribution >= 0.6 is 11.6 Å². The highest BCUT2D eigenvalue weighted by atomic mass is 35.5. The molecule has 0 spiro atoms. The minimum atomic E-state index is -2.31. The standard InChI is InChI=1S/C28H24ClF3N2O/c1-28(35)25(30)18-34(27(32)26(28)31)16-2-3-19-4-6-20(7-5-19)8-14-24-15-11-22(17-33-24)21-9-12-23(29)13-10-21/h2-7,9-13,15,17,25-27,35H,16,18H2,1H3. The first-order chi connectivity index (χ1) is 16.7. The van der Waals surface area contributed by atoms with Crippen LogP contribution in [-0.2, 0) is 0 Å². The van der Waals surface area contributed by atoms with Gasteiger partial charge in [-0.15, -0.1) is 0 Å². The number of benzene rings is 2. The largest absolute Gasteiger partial charge is 0.384 e. The van der Waals surface area contributed by atoms with Gasteiger partial charge in [-0.1, -0.05) is 60.0 Å². The molecule has 3 aromatic rings. The van der Waals surface area contributed by atoms with Crippen molar-refractivity contribution in [2.75, 3.05) is 13.1 Å². The third-order valence-electron chi connectivity index (χ3n) is 6.01. The van der Waals surface area contributed by atoms with Crippen LogP contribution in [0.15, 0.2) is 72.9 Å². The van der Waals surface area contributed by atoms with Gasteiger partial charge in [-0.3, -0.25) is 4.90 Å². The van der Waals surface area contributed by atoms with E-state index >= 15 is 0 Å². The quantitative estimate of drug-likeness (QED) is 0.363. The summed E-state index contributed by atoms with van der Waals surface area (Å²) in [6.07, 6.45) is -1.08. The average Bonchev–Trinajstić information content (AvgIpc) is 2.86. The Labute approximate surface area is 207 Å². The summed E-state index contributed by atoms with van der Waals surface area (Å²) in [5, 5.41) is 10.4. The van der Waals surface area contributed by atoms with E-state index in [9.17, 15) is 18.3 Å². The van der Waals surface area contributed by atoms with Crippen molar-refractivity contribution in [1.29, 1.82) is 0 Å². The Hall–Kier alpha value is -3.11. The van der Waals surface area contributed by atoms with Crippen LogP contribution in [-0.4, -0.2) is 52.3 Å². The fraction of sp³-hybridized carbons (Fsp3) is 0.250. The SMILES string of the molecule is CC1(O)C(F)CN(CC=Cc2ccc(C#Cc3ccc(-c4ccc(Cl)cc4)cn3)cc2)C(F)C1F. The van der Waals surface area contributed by atoms with E-state index < -0.39 is 24.2 Å². The number of hydrogen-bond acceptors (Lipinski definition) is 3. The van der Waals surface area contributed by atoms with Crippen molar-refractivity contribution in [3.05, 3.63) is 94.8 Å². The highest BCUT2D eigenvalue weighted by Gasteiger charge is 2.52. The fourth-order valence-corrected chi connectivity index (χ4v) is 3.85. The van der Waals surface area contributed by atoms with Crippen LogP contribution in [0.1, 0.15) is 23.7 Å². The third kappa shape index (κ3) is 5.94. The molecular formula is C28H24ClF3N2O. The molecule has 1 aliphatic rings. The van der Waals surface area contributed by atoms with Crippen LogP contribution in [0.3, 0.4) is 0 Å². The van der Waals surface area contributed by atoms with Gasteiger partial charge >= 0.3 is 0 Å². The number of aliphatic hydroxyl groups is 1. The van der Waals surface area contributed by atoms with Gasteiger partial charge in [0.2, 0.25) is 0 Å². The molecule has 4 rings (SSSR count). The molecule has 1 fully saturated rings. The van der Waals surface area contributed by atoms with E-state index in [1.54, 1.807) is 18.3 Å². The Balaban J connectivity index is 1.34. The summed E-state index contributed by atoms with van der Waals surface area (Å²) in [6.45, 7) is 0.637. The van der Waals surface area contributed by atoms with Gasteiger partial charge in [-0.2, -0.15) is 0 Å². The van der Waals surface area contributed by atoms with Crippen molar-refractivity contribution in [2.45, 2.75) is 31.2 Å². The lowest BCUT2D eigenvalue weighted by molar-refractivity contribution is -0.173. The number of alkyl halides is 3. The summed E-state index contributed by atoms with van der Waals surface area (Å²) < 4.78 is 42.2. The van der Waals surface area contributed by atoms with Gasteiger partial charge in [0.05, 0.1) is 0 Å². The topological polar surface area (TPSA) is 36.4 Å². The third-order valence-corrected chi connectivity index (χ3v) is 6.27. The summed E-state index contributed by atoms with van der Waals surface area (Å²) in [5.74, 6) is 6.10. The molecule has 0 amide bonds. The predicted molar refractivity (Wildman–Crippen MR) is 133 cm³/mol. The van der Waals surface area contributed by atoms with Crippen LogP contribution in [0, 0.1) is 11.8 Å². The maximum atomic E-state index is 14.2. The molecule has 1 aliphatic heterocycles. The Morgan fingerprint density at radius 1 is 1.03 bits per heavy atom. The number of hydrogen-bond donors (Lipinski definition) is 1. The molecule has 1 saturated heterocycles. The zero-order chi connectivity index (χ0) is 25.0. The average molecular weight is 497 g/mol. The lowest BCUT2D eigenvalue weighted by Crippen LogP contribution is -2.63. The normalized spacial score (nSPS) is 24.8.